The van der Waals surface area contributed by atoms with E-state index in [2.05, 4.69) is 20.8 Å². The Morgan fingerprint density at radius 1 is 1.30 bits per heavy atom. The van der Waals surface area contributed by atoms with Gasteiger partial charge in [0.1, 0.15) is 0 Å². The van der Waals surface area contributed by atoms with E-state index in [4.69, 9.17) is 4.74 Å². The molecule has 0 aromatic carbocycles. The summed E-state index contributed by atoms with van der Waals surface area (Å²) in [5.41, 5.74) is 0. The molecule has 1 nitrogen and oxygen atoms in total. The smallest absolute Gasteiger partial charge is 0.0491 e. The monoisotopic (exact) mass is 144 g/mol. The molecule has 0 amide bonds. The van der Waals surface area contributed by atoms with E-state index >= 15 is 0 Å². The molecule has 0 saturated carbocycles. The van der Waals surface area contributed by atoms with Crippen molar-refractivity contribution in [3.8, 4) is 0 Å². The lowest BCUT2D eigenvalue weighted by Gasteiger charge is -2.07. The second-order valence-corrected chi connectivity index (χ2v) is 2.94. The molecule has 0 spiro atoms. The minimum Gasteiger partial charge on any atom is -0.381 e. The summed E-state index contributed by atoms with van der Waals surface area (Å²) in [6.45, 7) is 8.50. The summed E-state index contributed by atoms with van der Waals surface area (Å²) < 4.78 is 5.43. The number of hydrogen-bond acceptors (Lipinski definition) is 1. The van der Waals surface area contributed by atoms with Crippen LogP contribution in [0.25, 0.3) is 0 Å². The van der Waals surface area contributed by atoms with Crippen molar-refractivity contribution in [3.63, 3.8) is 0 Å². The van der Waals surface area contributed by atoms with Crippen LogP contribution in [-0.2, 0) is 4.74 Å². The first-order chi connectivity index (χ1) is 4.81. The molecule has 1 heteroatoms. The van der Waals surface area contributed by atoms with E-state index in [1.165, 1.54) is 19.3 Å². The minimum absolute atomic E-state index is 0.733. The third-order valence-corrected chi connectivity index (χ3v) is 1.74. The van der Waals surface area contributed by atoms with E-state index < -0.39 is 0 Å². The molecule has 0 heterocycles. The molecule has 0 rings (SSSR count). The van der Waals surface area contributed by atoms with Gasteiger partial charge in [-0.2, -0.15) is 0 Å². The van der Waals surface area contributed by atoms with E-state index in [1.807, 2.05) is 0 Å². The maximum atomic E-state index is 5.43. The van der Waals surface area contributed by atoms with Crippen LogP contribution in [0.3, 0.4) is 0 Å². The van der Waals surface area contributed by atoms with Crippen LogP contribution >= 0.6 is 0 Å². The number of hydrogen-bond donors (Lipinski definition) is 0. The van der Waals surface area contributed by atoms with E-state index in [0.29, 0.717) is 0 Å². The third kappa shape index (κ3) is 6.09. The largest absolute Gasteiger partial charge is 0.381 e. The Labute approximate surface area is 64.8 Å². The van der Waals surface area contributed by atoms with E-state index in [0.717, 1.165) is 19.1 Å². The Morgan fingerprint density at radius 2 is 2.00 bits per heavy atom. The van der Waals surface area contributed by atoms with Crippen molar-refractivity contribution in [2.45, 2.75) is 40.0 Å². The summed E-state index contributed by atoms with van der Waals surface area (Å²) in [4.78, 5) is 0. The molecule has 0 fully saturated rings. The lowest BCUT2D eigenvalue weighted by Crippen LogP contribution is -2.05. The number of unbranched alkanes of at least 4 members (excludes halogenated alkanes) is 1. The van der Waals surface area contributed by atoms with Crippen LogP contribution in [0.2, 0.25) is 0 Å². The van der Waals surface area contributed by atoms with E-state index in [1.54, 1.807) is 0 Å². The first kappa shape index (κ1) is 9.96. The lowest BCUT2D eigenvalue weighted by atomic mass is 10.1. The summed E-state index contributed by atoms with van der Waals surface area (Å²) >= 11 is 0. The van der Waals surface area contributed by atoms with Gasteiger partial charge in [0.05, 0.1) is 0 Å². The van der Waals surface area contributed by atoms with Crippen molar-refractivity contribution in [1.82, 2.24) is 0 Å². The molecular formula is C9H20O. The highest BCUT2D eigenvalue weighted by Gasteiger charge is 1.96. The van der Waals surface area contributed by atoms with Crippen molar-refractivity contribution in [2.75, 3.05) is 13.2 Å². The predicted molar refractivity (Wildman–Crippen MR) is 45.2 cm³/mol. The summed E-state index contributed by atoms with van der Waals surface area (Å²) in [6, 6.07) is 0. The molecule has 10 heavy (non-hydrogen) atoms. The van der Waals surface area contributed by atoms with Crippen LogP contribution in [0.5, 0.6) is 0 Å². The zero-order valence-corrected chi connectivity index (χ0v) is 7.52. The molecule has 0 aliphatic heterocycles. The Balaban J connectivity index is 2.89. The molecule has 0 N–H and O–H groups in total. The van der Waals surface area contributed by atoms with Crippen LogP contribution in [0.4, 0.5) is 0 Å². The molecule has 0 aromatic rings. The highest BCUT2D eigenvalue weighted by Crippen LogP contribution is 2.00. The molecule has 0 aliphatic rings. The predicted octanol–water partition coefficient (Wildman–Crippen LogP) is 2.85. The zero-order chi connectivity index (χ0) is 7.82. The Kier molecular flexibility index (Phi) is 7.04. The van der Waals surface area contributed by atoms with Crippen molar-refractivity contribution in [1.29, 1.82) is 0 Å². The summed E-state index contributed by atoms with van der Waals surface area (Å²) in [6.07, 6.45) is 3.67. The number of ether oxygens (including phenoxy) is 1. The average molecular weight is 144 g/mol. The Bertz CT molecular complexity index is 61.7. The van der Waals surface area contributed by atoms with E-state index in [9.17, 15) is 0 Å². The molecule has 0 unspecified atom stereocenters. The fraction of sp³-hybridized carbons (Fsp3) is 1.00. The van der Waals surface area contributed by atoms with E-state index in [-0.39, 0.29) is 0 Å². The maximum Gasteiger partial charge on any atom is 0.0491 e. The average Bonchev–Trinajstić information content (AvgIpc) is 1.98. The first-order valence-electron chi connectivity index (χ1n) is 4.39. The molecule has 0 bridgehead atoms. The highest BCUT2D eigenvalue weighted by molar-refractivity contribution is 4.45. The van der Waals surface area contributed by atoms with Crippen molar-refractivity contribution in [2.24, 2.45) is 5.92 Å². The van der Waals surface area contributed by atoms with Gasteiger partial charge in [-0.1, -0.05) is 33.6 Å². The third-order valence-electron chi connectivity index (χ3n) is 1.74. The molecule has 0 aliphatic carbocycles. The second-order valence-electron chi connectivity index (χ2n) is 2.94. The summed E-state index contributed by atoms with van der Waals surface area (Å²) in [7, 11) is 0. The van der Waals surface area contributed by atoms with Crippen molar-refractivity contribution >= 4 is 0 Å². The fourth-order valence-electron chi connectivity index (χ4n) is 0.649. The van der Waals surface area contributed by atoms with Gasteiger partial charge in [-0.25, -0.2) is 0 Å². The van der Waals surface area contributed by atoms with Gasteiger partial charge < -0.3 is 4.74 Å². The molecule has 0 aromatic heterocycles. The Morgan fingerprint density at radius 3 is 2.50 bits per heavy atom. The molecular weight excluding hydrogens is 124 g/mol. The van der Waals surface area contributed by atoms with Gasteiger partial charge in [0.15, 0.2) is 0 Å². The zero-order valence-electron chi connectivity index (χ0n) is 7.52. The quantitative estimate of drug-likeness (QED) is 0.521. The molecule has 1 atom stereocenters. The van der Waals surface area contributed by atoms with Gasteiger partial charge in [-0.15, -0.1) is 0 Å². The topological polar surface area (TPSA) is 9.23 Å². The number of rotatable bonds is 6. The SMILES string of the molecule is CCCCOC[C@@H](C)CC. The van der Waals surface area contributed by atoms with Gasteiger partial charge in [-0.3, -0.25) is 0 Å². The van der Waals surface area contributed by atoms with Crippen molar-refractivity contribution < 1.29 is 4.74 Å². The van der Waals surface area contributed by atoms with Crippen LogP contribution in [0.15, 0.2) is 0 Å². The molecule has 0 radical (unpaired) electrons. The normalized spacial score (nSPS) is 13.5. The fourth-order valence-corrected chi connectivity index (χ4v) is 0.649. The summed E-state index contributed by atoms with van der Waals surface area (Å²) in [5.74, 6) is 0.733. The van der Waals surface area contributed by atoms with Crippen LogP contribution in [-0.4, -0.2) is 13.2 Å². The van der Waals surface area contributed by atoms with Gasteiger partial charge in [0, 0.05) is 13.2 Å². The Hall–Kier alpha value is -0.0400. The molecule has 62 valence electrons. The van der Waals surface area contributed by atoms with Crippen LogP contribution < -0.4 is 0 Å². The highest BCUT2D eigenvalue weighted by atomic mass is 16.5. The second kappa shape index (κ2) is 7.07. The van der Waals surface area contributed by atoms with Gasteiger partial charge >= 0.3 is 0 Å². The van der Waals surface area contributed by atoms with Crippen molar-refractivity contribution in [3.05, 3.63) is 0 Å². The standard InChI is InChI=1S/C9H20O/c1-4-6-7-10-8-9(3)5-2/h9H,4-8H2,1-3H3/t9-/m0/s1. The molecule has 0 saturated heterocycles. The van der Waals surface area contributed by atoms with Gasteiger partial charge in [0.25, 0.3) is 0 Å². The first-order valence-corrected chi connectivity index (χ1v) is 4.39. The van der Waals surface area contributed by atoms with Crippen LogP contribution in [0.1, 0.15) is 40.0 Å². The van der Waals surface area contributed by atoms with Gasteiger partial charge in [-0.05, 0) is 12.3 Å². The summed E-state index contributed by atoms with van der Waals surface area (Å²) in [5, 5.41) is 0. The maximum absolute atomic E-state index is 5.43. The minimum atomic E-state index is 0.733. The lowest BCUT2D eigenvalue weighted by molar-refractivity contribution is 0.101. The van der Waals surface area contributed by atoms with Crippen LogP contribution in [0, 0.1) is 5.92 Å². The van der Waals surface area contributed by atoms with Gasteiger partial charge in [0.2, 0.25) is 0 Å².